The molecular formula is C26H27ClN4O3. The molecule has 0 radical (unpaired) electrons. The Kier molecular flexibility index (Phi) is 7.75. The number of anilines is 2. The predicted octanol–water partition coefficient (Wildman–Crippen LogP) is 5.15. The summed E-state index contributed by atoms with van der Waals surface area (Å²) in [5.41, 5.74) is 1.48. The first kappa shape index (κ1) is 23.7. The van der Waals surface area contributed by atoms with Crippen molar-refractivity contribution in [3.8, 4) is 5.75 Å². The number of nitrogens with zero attached hydrogens (tertiary/aromatic N) is 4. The lowest BCUT2D eigenvalue weighted by molar-refractivity contribution is -0.117. The van der Waals surface area contributed by atoms with E-state index in [0.29, 0.717) is 16.5 Å². The topological polar surface area (TPSA) is 75.6 Å². The molecule has 7 nitrogen and oxygen atoms in total. The van der Waals surface area contributed by atoms with Gasteiger partial charge < -0.3 is 9.64 Å². The van der Waals surface area contributed by atoms with Crippen LogP contribution in [0.25, 0.3) is 0 Å². The second-order valence-electron chi connectivity index (χ2n) is 8.22. The molecule has 4 rings (SSSR count). The van der Waals surface area contributed by atoms with Gasteiger partial charge in [-0.1, -0.05) is 36.9 Å². The standard InChI is InChI=1S/C26H27ClN4O3/c1-34-23-9-5-8-22(16-23)30(26(33)24-17-28-14-15-29-24)18-25(32)31(20-6-3-2-4-7-20)21-12-10-19(27)11-13-21/h5,8-17,20H,2-4,6-7,18H2,1H3. The number of benzene rings is 2. The number of amides is 2. The van der Waals surface area contributed by atoms with Gasteiger partial charge in [0.2, 0.25) is 5.91 Å². The van der Waals surface area contributed by atoms with Crippen molar-refractivity contribution in [1.82, 2.24) is 9.97 Å². The van der Waals surface area contributed by atoms with Gasteiger partial charge in [-0.05, 0) is 49.2 Å². The fraction of sp³-hybridized carbons (Fsp3) is 0.308. The Morgan fingerprint density at radius 2 is 1.79 bits per heavy atom. The van der Waals surface area contributed by atoms with Gasteiger partial charge in [0.15, 0.2) is 0 Å². The molecule has 1 heterocycles. The van der Waals surface area contributed by atoms with E-state index in [1.807, 2.05) is 17.0 Å². The van der Waals surface area contributed by atoms with E-state index in [4.69, 9.17) is 16.3 Å². The smallest absolute Gasteiger partial charge is 0.278 e. The zero-order chi connectivity index (χ0) is 23.9. The Bertz CT molecular complexity index is 1120. The molecule has 0 N–H and O–H groups in total. The van der Waals surface area contributed by atoms with Crippen LogP contribution in [0.15, 0.2) is 67.1 Å². The number of halogens is 1. The maximum absolute atomic E-state index is 13.8. The number of methoxy groups -OCH3 is 1. The summed E-state index contributed by atoms with van der Waals surface area (Å²) in [4.78, 5) is 38.7. The van der Waals surface area contributed by atoms with Crippen molar-refractivity contribution >= 4 is 34.8 Å². The third-order valence-corrected chi connectivity index (χ3v) is 6.25. The summed E-state index contributed by atoms with van der Waals surface area (Å²) < 4.78 is 5.34. The number of hydrogen-bond donors (Lipinski definition) is 0. The molecule has 2 amide bonds. The molecule has 1 aromatic heterocycles. The molecule has 0 atom stereocenters. The first-order valence-corrected chi connectivity index (χ1v) is 11.7. The van der Waals surface area contributed by atoms with Crippen LogP contribution in [0.5, 0.6) is 5.75 Å². The van der Waals surface area contributed by atoms with Crippen LogP contribution in [0.2, 0.25) is 5.02 Å². The quantitative estimate of drug-likeness (QED) is 0.469. The second kappa shape index (κ2) is 11.1. The number of ether oxygens (including phenoxy) is 1. The van der Waals surface area contributed by atoms with Crippen LogP contribution < -0.4 is 14.5 Å². The summed E-state index contributed by atoms with van der Waals surface area (Å²) in [7, 11) is 1.56. The van der Waals surface area contributed by atoms with E-state index in [2.05, 4.69) is 9.97 Å². The molecule has 2 aromatic carbocycles. The minimum absolute atomic E-state index is 0.0706. The van der Waals surface area contributed by atoms with Crippen LogP contribution in [0.4, 0.5) is 11.4 Å². The number of hydrogen-bond acceptors (Lipinski definition) is 5. The van der Waals surface area contributed by atoms with Crippen molar-refractivity contribution in [2.45, 2.75) is 38.1 Å². The summed E-state index contributed by atoms with van der Waals surface area (Å²) in [6.07, 6.45) is 9.51. The highest BCUT2D eigenvalue weighted by Gasteiger charge is 2.30. The summed E-state index contributed by atoms with van der Waals surface area (Å²) in [6, 6.07) is 14.4. The van der Waals surface area contributed by atoms with Gasteiger partial charge >= 0.3 is 0 Å². The molecule has 0 spiro atoms. The van der Waals surface area contributed by atoms with Crippen molar-refractivity contribution in [3.63, 3.8) is 0 Å². The van der Waals surface area contributed by atoms with Gasteiger partial charge in [0, 0.05) is 40.9 Å². The Morgan fingerprint density at radius 1 is 1.03 bits per heavy atom. The molecule has 0 aliphatic heterocycles. The fourth-order valence-electron chi connectivity index (χ4n) is 4.32. The molecular weight excluding hydrogens is 452 g/mol. The van der Waals surface area contributed by atoms with Crippen LogP contribution in [0.3, 0.4) is 0 Å². The van der Waals surface area contributed by atoms with E-state index >= 15 is 0 Å². The van der Waals surface area contributed by atoms with Gasteiger partial charge in [-0.25, -0.2) is 4.98 Å². The molecule has 0 bridgehead atoms. The van der Waals surface area contributed by atoms with Gasteiger partial charge in [0.25, 0.3) is 5.91 Å². The maximum Gasteiger partial charge on any atom is 0.278 e. The highest BCUT2D eigenvalue weighted by Crippen LogP contribution is 2.30. The number of carbonyl (C=O) groups is 2. The number of carbonyl (C=O) groups excluding carboxylic acids is 2. The minimum atomic E-state index is -0.408. The van der Waals surface area contributed by atoms with E-state index < -0.39 is 5.91 Å². The largest absolute Gasteiger partial charge is 0.497 e. The van der Waals surface area contributed by atoms with Gasteiger partial charge in [-0.2, -0.15) is 0 Å². The van der Waals surface area contributed by atoms with Crippen LogP contribution in [-0.2, 0) is 4.79 Å². The van der Waals surface area contributed by atoms with Crippen molar-refractivity contribution in [2.24, 2.45) is 0 Å². The zero-order valence-corrected chi connectivity index (χ0v) is 19.8. The normalized spacial score (nSPS) is 13.8. The second-order valence-corrected chi connectivity index (χ2v) is 8.65. The first-order valence-electron chi connectivity index (χ1n) is 11.4. The van der Waals surface area contributed by atoms with Crippen LogP contribution in [0.1, 0.15) is 42.6 Å². The van der Waals surface area contributed by atoms with E-state index in [9.17, 15) is 9.59 Å². The van der Waals surface area contributed by atoms with Gasteiger partial charge in [0.05, 0.1) is 13.3 Å². The van der Waals surface area contributed by atoms with Gasteiger partial charge in [-0.3, -0.25) is 19.5 Å². The average Bonchev–Trinajstić information content (AvgIpc) is 2.89. The maximum atomic E-state index is 13.8. The third kappa shape index (κ3) is 5.54. The molecule has 8 heteroatoms. The Balaban J connectivity index is 1.69. The van der Waals surface area contributed by atoms with E-state index in [1.54, 1.807) is 43.5 Å². The predicted molar refractivity (Wildman–Crippen MR) is 133 cm³/mol. The minimum Gasteiger partial charge on any atom is -0.497 e. The summed E-state index contributed by atoms with van der Waals surface area (Å²) in [6.45, 7) is -0.151. The highest BCUT2D eigenvalue weighted by atomic mass is 35.5. The van der Waals surface area contributed by atoms with E-state index in [0.717, 1.165) is 31.4 Å². The molecule has 1 fully saturated rings. The van der Waals surface area contributed by atoms with Crippen molar-refractivity contribution in [1.29, 1.82) is 0 Å². The molecule has 1 aliphatic rings. The average molecular weight is 479 g/mol. The van der Waals surface area contributed by atoms with E-state index in [1.165, 1.54) is 29.9 Å². The molecule has 0 saturated heterocycles. The lowest BCUT2D eigenvalue weighted by Gasteiger charge is -2.36. The fourth-order valence-corrected chi connectivity index (χ4v) is 4.44. The lowest BCUT2D eigenvalue weighted by Crippen LogP contribution is -2.48. The molecule has 1 aliphatic carbocycles. The van der Waals surface area contributed by atoms with Crippen LogP contribution in [-0.4, -0.2) is 41.5 Å². The molecule has 3 aromatic rings. The summed E-state index contributed by atoms with van der Waals surface area (Å²) in [5, 5.41) is 0.607. The van der Waals surface area contributed by atoms with Crippen molar-refractivity contribution in [2.75, 3.05) is 23.5 Å². The number of rotatable bonds is 7. The Hall–Kier alpha value is -3.45. The SMILES string of the molecule is COc1cccc(N(CC(=O)N(c2ccc(Cl)cc2)C2CCCCC2)C(=O)c2cnccn2)c1. The summed E-state index contributed by atoms with van der Waals surface area (Å²) in [5.74, 6) is 0.00687. The highest BCUT2D eigenvalue weighted by molar-refractivity contribution is 6.30. The molecule has 0 unspecified atom stereocenters. The lowest BCUT2D eigenvalue weighted by atomic mass is 9.93. The van der Waals surface area contributed by atoms with Crippen molar-refractivity contribution < 1.29 is 14.3 Å². The van der Waals surface area contributed by atoms with Crippen molar-refractivity contribution in [3.05, 3.63) is 77.8 Å². The Labute approximate surface area is 204 Å². The van der Waals surface area contributed by atoms with Crippen LogP contribution >= 0.6 is 11.6 Å². The molecule has 176 valence electrons. The molecule has 34 heavy (non-hydrogen) atoms. The zero-order valence-electron chi connectivity index (χ0n) is 19.1. The summed E-state index contributed by atoms with van der Waals surface area (Å²) >= 11 is 6.10. The van der Waals surface area contributed by atoms with Gasteiger partial charge in [0.1, 0.15) is 18.0 Å². The van der Waals surface area contributed by atoms with Crippen LogP contribution in [0, 0.1) is 0 Å². The Morgan fingerprint density at radius 3 is 2.47 bits per heavy atom. The van der Waals surface area contributed by atoms with E-state index in [-0.39, 0.29) is 24.2 Å². The van der Waals surface area contributed by atoms with Gasteiger partial charge in [-0.15, -0.1) is 0 Å². The monoisotopic (exact) mass is 478 g/mol. The number of aromatic nitrogens is 2. The third-order valence-electron chi connectivity index (χ3n) is 6.00. The molecule has 1 saturated carbocycles. The first-order chi connectivity index (χ1) is 16.6.